The van der Waals surface area contributed by atoms with E-state index < -0.39 is 0 Å². The van der Waals surface area contributed by atoms with Gasteiger partial charge in [0.2, 0.25) is 0 Å². The third kappa shape index (κ3) is 1.78. The Morgan fingerprint density at radius 2 is 1.89 bits per heavy atom. The number of phenols is 1. The van der Waals surface area contributed by atoms with E-state index in [1.54, 1.807) is 22.9 Å². The molecule has 0 radical (unpaired) electrons. The third-order valence-corrected chi connectivity index (χ3v) is 2.78. The standard InChI is InChI=1S/C6H8As2O/c7-4-1-2-6(9)5(8)3-4/h1-3,9H,7-8H2. The normalized spacial score (nSPS) is 9.56. The Bertz CT molecular complexity index is 222. The van der Waals surface area contributed by atoms with Crippen molar-refractivity contribution in [3.63, 3.8) is 0 Å². The molecule has 1 aromatic carbocycles. The first-order chi connectivity index (χ1) is 4.20. The van der Waals surface area contributed by atoms with Crippen LogP contribution in [0, 0.1) is 0 Å². The molecule has 0 bridgehead atoms. The SMILES string of the molecule is Oc1ccc([AsH2])cc1[AsH2]. The molecule has 48 valence electrons. The van der Waals surface area contributed by atoms with Crippen molar-refractivity contribution in [3.8, 4) is 5.75 Å². The van der Waals surface area contributed by atoms with Crippen LogP contribution in [-0.4, -0.2) is 38.8 Å². The summed E-state index contributed by atoms with van der Waals surface area (Å²) < 4.78 is 2.28. The van der Waals surface area contributed by atoms with Crippen LogP contribution in [0.2, 0.25) is 0 Å². The molecule has 1 rings (SSSR count). The fraction of sp³-hybridized carbons (Fsp3) is 0. The first-order valence-corrected chi connectivity index (χ1v) is 4.96. The number of rotatable bonds is 0. The van der Waals surface area contributed by atoms with Gasteiger partial charge in [0.15, 0.2) is 0 Å². The van der Waals surface area contributed by atoms with Gasteiger partial charge < -0.3 is 0 Å². The van der Waals surface area contributed by atoms with Gasteiger partial charge in [-0.25, -0.2) is 0 Å². The molecule has 0 aliphatic heterocycles. The minimum absolute atomic E-state index is 0.413. The average Bonchev–Trinajstić information content (AvgIpc) is 1.80. The zero-order valence-electron chi connectivity index (χ0n) is 4.83. The van der Waals surface area contributed by atoms with Crippen LogP contribution in [0.5, 0.6) is 5.75 Å². The second-order valence-corrected chi connectivity index (χ2v) is 4.52. The van der Waals surface area contributed by atoms with Crippen LogP contribution in [0.3, 0.4) is 0 Å². The van der Waals surface area contributed by atoms with Crippen molar-refractivity contribution in [2.75, 3.05) is 0 Å². The fourth-order valence-electron chi connectivity index (χ4n) is 0.573. The van der Waals surface area contributed by atoms with E-state index >= 15 is 0 Å². The molecule has 1 aromatic rings. The van der Waals surface area contributed by atoms with Crippen molar-refractivity contribution in [1.29, 1.82) is 0 Å². The van der Waals surface area contributed by atoms with E-state index in [2.05, 4.69) is 0 Å². The predicted octanol–water partition coefficient (Wildman–Crippen LogP) is -2.09. The van der Waals surface area contributed by atoms with Gasteiger partial charge in [-0.2, -0.15) is 0 Å². The first kappa shape index (κ1) is 7.25. The Hall–Kier alpha value is 0.137. The number of hydrogen-bond donors (Lipinski definition) is 1. The van der Waals surface area contributed by atoms with Gasteiger partial charge in [-0.05, 0) is 0 Å². The molecule has 0 fully saturated rings. The van der Waals surface area contributed by atoms with E-state index in [4.69, 9.17) is 5.11 Å². The predicted molar refractivity (Wildman–Crippen MR) is 44.5 cm³/mol. The maximum absolute atomic E-state index is 9.07. The molecule has 1 N–H and O–H groups in total. The molecule has 0 aliphatic carbocycles. The van der Waals surface area contributed by atoms with E-state index in [-0.39, 0.29) is 0 Å². The molecular weight excluding hydrogens is 238 g/mol. The van der Waals surface area contributed by atoms with E-state index in [1.807, 2.05) is 12.1 Å². The number of phenolic OH excluding ortho intramolecular Hbond substituents is 1. The summed E-state index contributed by atoms with van der Waals surface area (Å²) in [6.07, 6.45) is 0. The first-order valence-electron chi connectivity index (χ1n) is 2.54. The second kappa shape index (κ2) is 2.81. The van der Waals surface area contributed by atoms with Gasteiger partial charge in [0, 0.05) is 0 Å². The van der Waals surface area contributed by atoms with E-state index in [9.17, 15) is 0 Å². The summed E-state index contributed by atoms with van der Waals surface area (Å²) in [7, 11) is 0. The zero-order chi connectivity index (χ0) is 6.85. The maximum atomic E-state index is 9.07. The molecule has 1 nitrogen and oxygen atoms in total. The Balaban J connectivity index is 3.17. The van der Waals surface area contributed by atoms with E-state index in [0.717, 1.165) is 4.35 Å². The third-order valence-electron chi connectivity index (χ3n) is 1.05. The quantitative estimate of drug-likeness (QED) is 0.520. The monoisotopic (exact) mass is 246 g/mol. The fourth-order valence-corrected chi connectivity index (χ4v) is 2.60. The minimum atomic E-state index is 0.413. The van der Waals surface area contributed by atoms with Crippen LogP contribution < -0.4 is 8.70 Å². The summed E-state index contributed by atoms with van der Waals surface area (Å²) in [5, 5.41) is 9.07. The summed E-state index contributed by atoms with van der Waals surface area (Å²) in [5.41, 5.74) is 0. The number of aromatic hydroxyl groups is 1. The van der Waals surface area contributed by atoms with Crippen LogP contribution in [-0.2, 0) is 0 Å². The van der Waals surface area contributed by atoms with Gasteiger partial charge in [0.25, 0.3) is 0 Å². The van der Waals surface area contributed by atoms with Crippen LogP contribution in [0.4, 0.5) is 0 Å². The van der Waals surface area contributed by atoms with Crippen molar-refractivity contribution in [2.24, 2.45) is 0 Å². The molecule has 0 amide bonds. The van der Waals surface area contributed by atoms with Gasteiger partial charge in [0.1, 0.15) is 0 Å². The summed E-state index contributed by atoms with van der Waals surface area (Å²) in [5.74, 6) is 0.413. The molecule has 0 aromatic heterocycles. The van der Waals surface area contributed by atoms with Gasteiger partial charge in [-0.3, -0.25) is 0 Å². The Kier molecular flexibility index (Phi) is 2.27. The van der Waals surface area contributed by atoms with Crippen molar-refractivity contribution >= 4 is 42.4 Å². The van der Waals surface area contributed by atoms with Gasteiger partial charge in [-0.15, -0.1) is 0 Å². The van der Waals surface area contributed by atoms with Crippen molar-refractivity contribution in [1.82, 2.24) is 0 Å². The molecule has 0 spiro atoms. The van der Waals surface area contributed by atoms with Gasteiger partial charge >= 0.3 is 71.5 Å². The molecule has 0 aliphatic rings. The molecule has 0 saturated heterocycles. The summed E-state index contributed by atoms with van der Waals surface area (Å²) in [6, 6.07) is 5.68. The van der Waals surface area contributed by atoms with Crippen LogP contribution >= 0.6 is 0 Å². The van der Waals surface area contributed by atoms with Gasteiger partial charge in [0.05, 0.1) is 0 Å². The van der Waals surface area contributed by atoms with Crippen molar-refractivity contribution in [3.05, 3.63) is 18.2 Å². The molecule has 3 heteroatoms. The summed E-state index contributed by atoms with van der Waals surface area (Å²) in [4.78, 5) is 0. The molecular formula is C6H8As2O. The molecule has 0 saturated carbocycles. The van der Waals surface area contributed by atoms with Crippen LogP contribution in [0.1, 0.15) is 0 Å². The Morgan fingerprint density at radius 1 is 1.22 bits per heavy atom. The van der Waals surface area contributed by atoms with Gasteiger partial charge in [-0.1, -0.05) is 0 Å². The molecule has 9 heavy (non-hydrogen) atoms. The Morgan fingerprint density at radius 3 is 2.33 bits per heavy atom. The topological polar surface area (TPSA) is 20.2 Å². The summed E-state index contributed by atoms with van der Waals surface area (Å²) >= 11 is 3.06. The van der Waals surface area contributed by atoms with E-state index in [0.29, 0.717) is 5.75 Å². The molecule has 2 atom stereocenters. The zero-order valence-corrected chi connectivity index (χ0v) is 9.68. The van der Waals surface area contributed by atoms with Crippen molar-refractivity contribution < 1.29 is 5.11 Å². The van der Waals surface area contributed by atoms with Crippen LogP contribution in [0.15, 0.2) is 18.2 Å². The molecule has 0 heterocycles. The second-order valence-electron chi connectivity index (χ2n) is 1.82. The Labute approximate surface area is 71.5 Å². The number of benzene rings is 1. The summed E-state index contributed by atoms with van der Waals surface area (Å²) in [6.45, 7) is 0. The van der Waals surface area contributed by atoms with E-state index in [1.165, 1.54) is 21.2 Å². The van der Waals surface area contributed by atoms with Crippen LogP contribution in [0.25, 0.3) is 0 Å². The van der Waals surface area contributed by atoms with Crippen molar-refractivity contribution in [2.45, 2.75) is 0 Å². The molecule has 2 unspecified atom stereocenters. The number of hydrogen-bond acceptors (Lipinski definition) is 1. The average molecular weight is 246 g/mol.